The van der Waals surface area contributed by atoms with Crippen molar-refractivity contribution in [1.82, 2.24) is 0 Å². The molecule has 0 aliphatic carbocycles. The Hall–Kier alpha value is -3.10. The van der Waals surface area contributed by atoms with E-state index in [4.69, 9.17) is 0 Å². The summed E-state index contributed by atoms with van der Waals surface area (Å²) in [5, 5.41) is 3.68. The molecule has 0 aliphatic rings. The van der Waals surface area contributed by atoms with Crippen molar-refractivity contribution < 1.29 is 17.9 Å². The molecule has 0 saturated carbocycles. The molecule has 1 nitrogen and oxygen atoms in total. The van der Waals surface area contributed by atoms with Gasteiger partial charge in [-0.3, -0.25) is 0 Å². The zero-order valence-electron chi connectivity index (χ0n) is 16.7. The van der Waals surface area contributed by atoms with Crippen LogP contribution in [0.15, 0.2) is 115 Å². The predicted molar refractivity (Wildman–Crippen MR) is 122 cm³/mol. The van der Waals surface area contributed by atoms with Crippen LogP contribution < -0.4 is 20.7 Å². The zero-order chi connectivity index (χ0) is 21.7. The molecule has 5 heteroatoms. The number of alkyl halides is 3. The molecule has 0 atom stereocenters. The van der Waals surface area contributed by atoms with Gasteiger partial charge in [-0.15, -0.1) is 13.2 Å². The first-order valence-corrected chi connectivity index (χ1v) is 11.8. The molecule has 156 valence electrons. The van der Waals surface area contributed by atoms with Crippen LogP contribution in [0.25, 0.3) is 0 Å². The van der Waals surface area contributed by atoms with Crippen molar-refractivity contribution in [3.05, 3.63) is 121 Å². The lowest BCUT2D eigenvalue weighted by molar-refractivity contribution is -0.274. The minimum atomic E-state index is -4.70. The number of hydrogen-bond acceptors (Lipinski definition) is 1. The minimum Gasteiger partial charge on any atom is -0.406 e. The quantitative estimate of drug-likeness (QED) is 0.332. The summed E-state index contributed by atoms with van der Waals surface area (Å²) < 4.78 is 41.7. The Balaban J connectivity index is 1.85. The van der Waals surface area contributed by atoms with E-state index < -0.39 is 13.6 Å². The lowest BCUT2D eigenvalue weighted by Crippen LogP contribution is -2.32. The average Bonchev–Trinajstić information content (AvgIpc) is 2.79. The number of benzene rings is 4. The van der Waals surface area contributed by atoms with E-state index in [0.717, 1.165) is 5.56 Å². The molecule has 0 N–H and O–H groups in total. The fourth-order valence-corrected chi connectivity index (χ4v) is 8.08. The molecule has 0 aliphatic heterocycles. The van der Waals surface area contributed by atoms with E-state index in [1.165, 1.54) is 28.0 Å². The molecular weight excluding hydrogens is 416 g/mol. The van der Waals surface area contributed by atoms with Crippen molar-refractivity contribution in [3.8, 4) is 5.75 Å². The summed E-state index contributed by atoms with van der Waals surface area (Å²) in [7, 11) is -2.09. The smallest absolute Gasteiger partial charge is 0.406 e. The summed E-state index contributed by atoms with van der Waals surface area (Å²) in [6.45, 7) is 0. The van der Waals surface area contributed by atoms with Crippen molar-refractivity contribution >= 4 is 23.2 Å². The molecule has 0 heterocycles. The van der Waals surface area contributed by atoms with E-state index >= 15 is 0 Å². The summed E-state index contributed by atoms with van der Waals surface area (Å²) in [6, 6.07) is 37.3. The van der Waals surface area contributed by atoms with Crippen LogP contribution in [0, 0.1) is 0 Å². The molecule has 0 amide bonds. The largest absolute Gasteiger partial charge is 0.573 e. The summed E-state index contributed by atoms with van der Waals surface area (Å²) >= 11 is 0. The van der Waals surface area contributed by atoms with Crippen molar-refractivity contribution in [3.63, 3.8) is 0 Å². The molecule has 0 saturated heterocycles. The Morgan fingerprint density at radius 2 is 0.935 bits per heavy atom. The van der Waals surface area contributed by atoms with Gasteiger partial charge in [0.25, 0.3) is 0 Å². The van der Waals surface area contributed by atoms with Gasteiger partial charge in [0.15, 0.2) is 0 Å². The molecule has 31 heavy (non-hydrogen) atoms. The Morgan fingerprint density at radius 1 is 0.548 bits per heavy atom. The lowest BCUT2D eigenvalue weighted by atomic mass is 10.2. The third-order valence-corrected chi connectivity index (χ3v) is 9.55. The number of ether oxygens (including phenoxy) is 1. The second kappa shape index (κ2) is 8.95. The van der Waals surface area contributed by atoms with Crippen LogP contribution in [0.3, 0.4) is 0 Å². The summed E-state index contributed by atoms with van der Waals surface area (Å²) in [5.74, 6) is -0.209. The lowest BCUT2D eigenvalue weighted by Gasteiger charge is -2.28. The average molecular weight is 437 g/mol. The molecule has 0 fully saturated rings. The molecule has 0 unspecified atom stereocenters. The van der Waals surface area contributed by atoms with Gasteiger partial charge in [-0.2, -0.15) is 0 Å². The molecule has 4 aromatic carbocycles. The van der Waals surface area contributed by atoms with Crippen LogP contribution in [-0.4, -0.2) is 6.36 Å². The summed E-state index contributed by atoms with van der Waals surface area (Å²) in [6.07, 6.45) is -4.01. The molecule has 0 radical (unpaired) electrons. The third-order valence-electron chi connectivity index (χ3n) is 5.17. The van der Waals surface area contributed by atoms with Crippen LogP contribution in [0.1, 0.15) is 5.56 Å². The molecular formula is C26H21F3OP+. The maximum Gasteiger partial charge on any atom is 0.573 e. The van der Waals surface area contributed by atoms with Crippen molar-refractivity contribution in [2.24, 2.45) is 0 Å². The third kappa shape index (κ3) is 4.81. The van der Waals surface area contributed by atoms with Crippen LogP contribution in [0.2, 0.25) is 0 Å². The highest BCUT2D eigenvalue weighted by atomic mass is 31.2. The Labute approximate surface area is 180 Å². The maximum atomic E-state index is 12.6. The van der Waals surface area contributed by atoms with Crippen LogP contribution in [0.4, 0.5) is 13.2 Å². The van der Waals surface area contributed by atoms with E-state index in [1.807, 2.05) is 54.6 Å². The van der Waals surface area contributed by atoms with Crippen molar-refractivity contribution in [2.75, 3.05) is 0 Å². The van der Waals surface area contributed by atoms with Gasteiger partial charge in [0, 0.05) is 0 Å². The van der Waals surface area contributed by atoms with Crippen LogP contribution >= 0.6 is 7.26 Å². The van der Waals surface area contributed by atoms with E-state index in [1.54, 1.807) is 12.1 Å². The van der Waals surface area contributed by atoms with Gasteiger partial charge in [-0.05, 0) is 54.1 Å². The van der Waals surface area contributed by atoms with Crippen LogP contribution in [0.5, 0.6) is 5.75 Å². The second-order valence-electron chi connectivity index (χ2n) is 7.17. The number of hydrogen-bond donors (Lipinski definition) is 0. The van der Waals surface area contributed by atoms with Gasteiger partial charge >= 0.3 is 6.36 Å². The summed E-state index contributed by atoms with van der Waals surface area (Å²) in [5.41, 5.74) is 0.958. The van der Waals surface area contributed by atoms with E-state index in [-0.39, 0.29) is 5.75 Å². The highest BCUT2D eigenvalue weighted by molar-refractivity contribution is 7.95. The van der Waals surface area contributed by atoms with Gasteiger partial charge in [0.05, 0.1) is 6.16 Å². The van der Waals surface area contributed by atoms with Gasteiger partial charge in [-0.25, -0.2) is 0 Å². The summed E-state index contributed by atoms with van der Waals surface area (Å²) in [4.78, 5) is 0. The molecule has 0 spiro atoms. The predicted octanol–water partition coefficient (Wildman–Crippen LogP) is 6.08. The Kier molecular flexibility index (Phi) is 6.11. The van der Waals surface area contributed by atoms with E-state index in [2.05, 4.69) is 41.1 Å². The van der Waals surface area contributed by atoms with Gasteiger partial charge < -0.3 is 4.74 Å². The standard InChI is InChI=1S/C26H21F3OP/c27-26(28,29)30-22-18-16-21(17-19-22)20-31(23-10-4-1-5-11-23,24-12-6-2-7-13-24)25-14-8-3-9-15-25/h1-19H,20H2/q+1. The molecule has 0 aromatic heterocycles. The first-order valence-electron chi connectivity index (χ1n) is 9.87. The van der Waals surface area contributed by atoms with Gasteiger partial charge in [-0.1, -0.05) is 66.7 Å². The Morgan fingerprint density at radius 3 is 1.29 bits per heavy atom. The molecule has 4 aromatic rings. The fraction of sp³-hybridized carbons (Fsp3) is 0.0769. The SMILES string of the molecule is FC(F)(F)Oc1ccc(C[P+](c2ccccc2)(c2ccccc2)c2ccccc2)cc1. The van der Waals surface area contributed by atoms with Crippen molar-refractivity contribution in [1.29, 1.82) is 0 Å². The fourth-order valence-electron chi connectivity index (χ4n) is 3.84. The first kappa shape index (κ1) is 21.1. The van der Waals surface area contributed by atoms with E-state index in [0.29, 0.717) is 6.16 Å². The maximum absolute atomic E-state index is 12.6. The van der Waals surface area contributed by atoms with Crippen LogP contribution in [-0.2, 0) is 6.16 Å². The highest BCUT2D eigenvalue weighted by Gasteiger charge is 2.45. The number of halogens is 3. The normalized spacial score (nSPS) is 11.8. The Bertz CT molecular complexity index is 1000. The highest BCUT2D eigenvalue weighted by Crippen LogP contribution is 2.58. The monoisotopic (exact) mass is 437 g/mol. The van der Waals surface area contributed by atoms with E-state index in [9.17, 15) is 13.2 Å². The minimum absolute atomic E-state index is 0.209. The zero-order valence-corrected chi connectivity index (χ0v) is 17.6. The second-order valence-corrected chi connectivity index (χ2v) is 10.7. The topological polar surface area (TPSA) is 9.23 Å². The van der Waals surface area contributed by atoms with Gasteiger partial charge in [0.2, 0.25) is 0 Å². The van der Waals surface area contributed by atoms with Gasteiger partial charge in [0.1, 0.15) is 28.9 Å². The number of rotatable bonds is 6. The molecule has 0 bridgehead atoms. The first-order chi connectivity index (χ1) is 15.0. The molecule has 4 rings (SSSR count). The van der Waals surface area contributed by atoms with Crippen molar-refractivity contribution in [2.45, 2.75) is 12.5 Å².